The number of hydrogen-bond donors (Lipinski definition) is 9. The van der Waals surface area contributed by atoms with Gasteiger partial charge >= 0.3 is 17.9 Å². The average molecular weight is 475 g/mol. The van der Waals surface area contributed by atoms with Crippen molar-refractivity contribution in [1.82, 2.24) is 16.0 Å². The molecular formula is C17H29N7O9. The first-order valence-corrected chi connectivity index (χ1v) is 9.68. The van der Waals surface area contributed by atoms with Crippen LogP contribution in [-0.4, -0.2) is 88.1 Å². The molecule has 3 atom stereocenters. The van der Waals surface area contributed by atoms with Crippen LogP contribution in [0.2, 0.25) is 0 Å². The summed E-state index contributed by atoms with van der Waals surface area (Å²) in [4.78, 5) is 72.8. The number of amides is 3. The quantitative estimate of drug-likeness (QED) is 0.0584. The van der Waals surface area contributed by atoms with E-state index in [2.05, 4.69) is 20.9 Å². The van der Waals surface area contributed by atoms with Gasteiger partial charge in [0.1, 0.15) is 12.1 Å². The van der Waals surface area contributed by atoms with Crippen molar-refractivity contribution in [3.8, 4) is 0 Å². The lowest BCUT2D eigenvalue weighted by Crippen LogP contribution is -2.54. The monoisotopic (exact) mass is 475 g/mol. The SMILES string of the molecule is NC(N)=NCCCC(NC(=O)C(CC(=O)O)NC(=O)CNC(=O)C(N)CCC(=O)O)C(=O)O. The number of aliphatic imine (C=N–C) groups is 1. The third-order valence-corrected chi connectivity index (χ3v) is 4.02. The molecule has 0 spiro atoms. The van der Waals surface area contributed by atoms with Crippen LogP contribution in [0.1, 0.15) is 32.1 Å². The largest absolute Gasteiger partial charge is 0.481 e. The molecule has 0 aromatic rings. The Morgan fingerprint density at radius 1 is 0.848 bits per heavy atom. The van der Waals surface area contributed by atoms with Crippen molar-refractivity contribution >= 4 is 41.6 Å². The van der Waals surface area contributed by atoms with Gasteiger partial charge < -0.3 is 48.5 Å². The predicted molar refractivity (Wildman–Crippen MR) is 112 cm³/mol. The number of nitrogens with zero attached hydrogens (tertiary/aromatic N) is 1. The topological polar surface area (TPSA) is 290 Å². The Kier molecular flexibility index (Phi) is 13.2. The first-order chi connectivity index (χ1) is 15.3. The van der Waals surface area contributed by atoms with Gasteiger partial charge in [-0.15, -0.1) is 0 Å². The highest BCUT2D eigenvalue weighted by Crippen LogP contribution is 2.02. The van der Waals surface area contributed by atoms with Crippen LogP contribution in [0.3, 0.4) is 0 Å². The first-order valence-electron chi connectivity index (χ1n) is 9.68. The fraction of sp³-hybridized carbons (Fsp3) is 0.588. The zero-order valence-electron chi connectivity index (χ0n) is 17.7. The average Bonchev–Trinajstić information content (AvgIpc) is 2.70. The summed E-state index contributed by atoms with van der Waals surface area (Å²) in [5, 5.41) is 33.2. The molecule has 0 aromatic heterocycles. The van der Waals surface area contributed by atoms with Crippen LogP contribution in [0.4, 0.5) is 0 Å². The van der Waals surface area contributed by atoms with Crippen molar-refractivity contribution in [3.63, 3.8) is 0 Å². The molecule has 0 aliphatic heterocycles. The Labute approximate surface area is 187 Å². The van der Waals surface area contributed by atoms with Crippen molar-refractivity contribution in [3.05, 3.63) is 0 Å². The van der Waals surface area contributed by atoms with E-state index in [-0.39, 0.29) is 38.2 Å². The van der Waals surface area contributed by atoms with Gasteiger partial charge in [-0.25, -0.2) is 4.79 Å². The van der Waals surface area contributed by atoms with Gasteiger partial charge in [-0.1, -0.05) is 0 Å². The van der Waals surface area contributed by atoms with Gasteiger partial charge in [0.25, 0.3) is 0 Å². The van der Waals surface area contributed by atoms with Crippen molar-refractivity contribution in [2.45, 2.75) is 50.2 Å². The van der Waals surface area contributed by atoms with Crippen LogP contribution in [0, 0.1) is 0 Å². The van der Waals surface area contributed by atoms with Gasteiger partial charge in [-0.2, -0.15) is 0 Å². The highest BCUT2D eigenvalue weighted by atomic mass is 16.4. The number of carbonyl (C=O) groups is 6. The molecule has 0 fully saturated rings. The molecule has 0 heterocycles. The van der Waals surface area contributed by atoms with Crippen molar-refractivity contribution in [2.75, 3.05) is 13.1 Å². The summed E-state index contributed by atoms with van der Waals surface area (Å²) < 4.78 is 0. The van der Waals surface area contributed by atoms with E-state index < -0.39 is 66.7 Å². The molecule has 33 heavy (non-hydrogen) atoms. The summed E-state index contributed by atoms with van der Waals surface area (Å²) in [6.45, 7) is -0.574. The maximum atomic E-state index is 12.4. The number of carboxylic acid groups (broad SMARTS) is 3. The third kappa shape index (κ3) is 13.9. The summed E-state index contributed by atoms with van der Waals surface area (Å²) in [6, 6.07) is -4.22. The van der Waals surface area contributed by atoms with E-state index in [9.17, 15) is 33.9 Å². The van der Waals surface area contributed by atoms with Crippen LogP contribution < -0.4 is 33.2 Å². The second kappa shape index (κ2) is 15.0. The minimum Gasteiger partial charge on any atom is -0.481 e. The fourth-order valence-electron chi connectivity index (χ4n) is 2.37. The molecule has 0 aliphatic carbocycles. The summed E-state index contributed by atoms with van der Waals surface area (Å²) in [7, 11) is 0. The number of hydrogen-bond acceptors (Lipinski definition) is 8. The highest BCUT2D eigenvalue weighted by molar-refractivity contribution is 5.94. The number of aliphatic carboxylic acids is 3. The van der Waals surface area contributed by atoms with E-state index >= 15 is 0 Å². The summed E-state index contributed by atoms with van der Waals surface area (Å²) in [6.07, 6.45) is -1.27. The molecule has 0 aromatic carbocycles. The number of rotatable bonds is 16. The number of nitrogens with one attached hydrogen (secondary N) is 3. The van der Waals surface area contributed by atoms with E-state index in [1.807, 2.05) is 0 Å². The maximum Gasteiger partial charge on any atom is 0.326 e. The van der Waals surface area contributed by atoms with Crippen molar-refractivity contribution in [1.29, 1.82) is 0 Å². The predicted octanol–water partition coefficient (Wildman–Crippen LogP) is -4.12. The summed E-state index contributed by atoms with van der Waals surface area (Å²) in [5.74, 6) is -7.03. The lowest BCUT2D eigenvalue weighted by Gasteiger charge is -2.20. The van der Waals surface area contributed by atoms with Crippen LogP contribution in [0.15, 0.2) is 4.99 Å². The van der Waals surface area contributed by atoms with E-state index in [1.165, 1.54) is 0 Å². The normalized spacial score (nSPS) is 13.0. The molecule has 0 rings (SSSR count). The molecule has 3 amide bonds. The van der Waals surface area contributed by atoms with Gasteiger partial charge in [-0.05, 0) is 19.3 Å². The second-order valence-electron chi connectivity index (χ2n) is 6.82. The van der Waals surface area contributed by atoms with Crippen LogP contribution in [0.25, 0.3) is 0 Å². The van der Waals surface area contributed by atoms with Gasteiger partial charge in [0, 0.05) is 13.0 Å². The molecule has 3 unspecified atom stereocenters. The van der Waals surface area contributed by atoms with Crippen molar-refractivity contribution in [2.24, 2.45) is 22.2 Å². The van der Waals surface area contributed by atoms with E-state index in [4.69, 9.17) is 27.4 Å². The second-order valence-corrected chi connectivity index (χ2v) is 6.82. The number of guanidine groups is 1. The van der Waals surface area contributed by atoms with E-state index in [0.29, 0.717) is 0 Å². The molecule has 0 aliphatic rings. The zero-order chi connectivity index (χ0) is 25.6. The molecule has 0 radical (unpaired) electrons. The lowest BCUT2D eigenvalue weighted by molar-refractivity contribution is -0.143. The maximum absolute atomic E-state index is 12.4. The number of carboxylic acids is 3. The van der Waals surface area contributed by atoms with E-state index in [0.717, 1.165) is 0 Å². The molecule has 16 heteroatoms. The summed E-state index contributed by atoms with van der Waals surface area (Å²) >= 11 is 0. The minimum absolute atomic E-state index is 0.0735. The summed E-state index contributed by atoms with van der Waals surface area (Å²) in [5.41, 5.74) is 15.8. The standard InChI is InChI=1S/C17H29N7O9/c18-8(3-4-12(26)27)14(30)22-7-11(25)23-10(6-13(28)29)15(31)24-9(16(32)33)2-1-5-21-17(19)20/h8-10H,1-7,18H2,(H,22,30)(H,23,25)(H,24,31)(H,26,27)(H,28,29)(H,32,33)(H4,19,20,21). The Hall–Kier alpha value is -3.95. The van der Waals surface area contributed by atoms with Gasteiger partial charge in [-0.3, -0.25) is 29.0 Å². The zero-order valence-corrected chi connectivity index (χ0v) is 17.7. The smallest absolute Gasteiger partial charge is 0.326 e. The van der Waals surface area contributed by atoms with Crippen LogP contribution >= 0.6 is 0 Å². The van der Waals surface area contributed by atoms with Gasteiger partial charge in [0.05, 0.1) is 19.0 Å². The number of carbonyl (C=O) groups excluding carboxylic acids is 3. The minimum atomic E-state index is -1.63. The molecule has 16 nitrogen and oxygen atoms in total. The molecule has 186 valence electrons. The Morgan fingerprint density at radius 3 is 2.00 bits per heavy atom. The van der Waals surface area contributed by atoms with Crippen LogP contribution in [-0.2, 0) is 28.8 Å². The Morgan fingerprint density at radius 2 is 1.48 bits per heavy atom. The Bertz CT molecular complexity index is 768. The first kappa shape index (κ1) is 29.0. The molecule has 12 N–H and O–H groups in total. The lowest BCUT2D eigenvalue weighted by atomic mass is 10.1. The van der Waals surface area contributed by atoms with Gasteiger partial charge in [0.15, 0.2) is 5.96 Å². The third-order valence-electron chi connectivity index (χ3n) is 4.02. The van der Waals surface area contributed by atoms with Gasteiger partial charge in [0.2, 0.25) is 17.7 Å². The van der Waals surface area contributed by atoms with Crippen molar-refractivity contribution < 1.29 is 44.1 Å². The number of nitrogens with two attached hydrogens (primary N) is 3. The molecule has 0 saturated heterocycles. The Balaban J connectivity index is 4.90. The fourth-order valence-corrected chi connectivity index (χ4v) is 2.37. The molecule has 0 saturated carbocycles. The van der Waals surface area contributed by atoms with Crippen LogP contribution in [0.5, 0.6) is 0 Å². The highest BCUT2D eigenvalue weighted by Gasteiger charge is 2.28. The molecule has 0 bridgehead atoms. The van der Waals surface area contributed by atoms with E-state index in [1.54, 1.807) is 0 Å². The molecular weight excluding hydrogens is 446 g/mol.